The molecule has 5 heteroatoms. The van der Waals surface area contributed by atoms with Crippen LogP contribution in [0.4, 0.5) is 0 Å². The van der Waals surface area contributed by atoms with Gasteiger partial charge in [-0.05, 0) is 24.3 Å². The van der Waals surface area contributed by atoms with Crippen LogP contribution in [-0.4, -0.2) is 14.6 Å². The van der Waals surface area contributed by atoms with Crippen molar-refractivity contribution < 1.29 is 0 Å². The number of hydrogen-bond donors (Lipinski definition) is 1. The van der Waals surface area contributed by atoms with E-state index in [-0.39, 0.29) is 5.43 Å². The van der Waals surface area contributed by atoms with Gasteiger partial charge in [0.2, 0.25) is 0 Å². The molecule has 0 fully saturated rings. The minimum absolute atomic E-state index is 0.0451. The normalized spacial score (nSPS) is 10.9. The van der Waals surface area contributed by atoms with Gasteiger partial charge in [-0.2, -0.15) is 5.10 Å². The largest absolute Gasteiger partial charge is 0.290 e. The Morgan fingerprint density at radius 2 is 1.94 bits per heavy atom. The molecule has 84 valence electrons. The van der Waals surface area contributed by atoms with Crippen molar-refractivity contribution in [2.75, 3.05) is 0 Å². The molecular weight excluding hydrogens is 238 g/mol. The molecular formula is C12H8ClN3O. The fourth-order valence-corrected chi connectivity index (χ4v) is 1.84. The second-order valence-electron chi connectivity index (χ2n) is 3.67. The molecule has 0 unspecified atom stereocenters. The molecule has 0 radical (unpaired) electrons. The molecule has 0 aliphatic heterocycles. The van der Waals surface area contributed by atoms with E-state index in [9.17, 15) is 4.79 Å². The van der Waals surface area contributed by atoms with Gasteiger partial charge in [0, 0.05) is 28.9 Å². The second kappa shape index (κ2) is 3.75. The Hall–Kier alpha value is -2.07. The predicted octanol–water partition coefficient (Wildman–Crippen LogP) is 2.34. The standard InChI is InChI=1S/C12H8ClN3O/c13-9-3-1-8(2-4-9)12-15-14-11-7-10(17)5-6-16(11)12/h1-7,14H. The van der Waals surface area contributed by atoms with Crippen molar-refractivity contribution >= 4 is 17.2 Å². The monoisotopic (exact) mass is 245 g/mol. The fourth-order valence-electron chi connectivity index (χ4n) is 1.72. The summed E-state index contributed by atoms with van der Waals surface area (Å²) in [5.41, 5.74) is 1.56. The van der Waals surface area contributed by atoms with Crippen LogP contribution in [0.3, 0.4) is 0 Å². The summed E-state index contributed by atoms with van der Waals surface area (Å²) in [5, 5.41) is 7.70. The lowest BCUT2D eigenvalue weighted by molar-refractivity contribution is 1.11. The molecule has 3 rings (SSSR count). The number of pyridine rings is 1. The lowest BCUT2D eigenvalue weighted by atomic mass is 10.2. The molecule has 0 amide bonds. The maximum Gasteiger partial charge on any atom is 0.183 e. The number of hydrogen-bond acceptors (Lipinski definition) is 2. The van der Waals surface area contributed by atoms with Gasteiger partial charge in [0.1, 0.15) is 5.65 Å². The molecule has 0 saturated heterocycles. The Bertz CT molecular complexity index is 727. The number of benzene rings is 1. The first-order chi connectivity index (χ1) is 8.24. The number of rotatable bonds is 1. The summed E-state index contributed by atoms with van der Waals surface area (Å²) in [5.74, 6) is 0.747. The minimum Gasteiger partial charge on any atom is -0.290 e. The lowest BCUT2D eigenvalue weighted by Crippen LogP contribution is -1.99. The van der Waals surface area contributed by atoms with Crippen molar-refractivity contribution in [3.05, 3.63) is 57.8 Å². The third-order valence-electron chi connectivity index (χ3n) is 2.53. The number of nitrogens with one attached hydrogen (secondary N) is 1. The Labute approximate surface area is 101 Å². The zero-order chi connectivity index (χ0) is 11.8. The Morgan fingerprint density at radius 1 is 1.18 bits per heavy atom. The average Bonchev–Trinajstić information content (AvgIpc) is 2.73. The first-order valence-corrected chi connectivity index (χ1v) is 5.44. The van der Waals surface area contributed by atoms with Gasteiger partial charge in [-0.3, -0.25) is 14.3 Å². The van der Waals surface area contributed by atoms with Crippen molar-refractivity contribution in [1.29, 1.82) is 0 Å². The van der Waals surface area contributed by atoms with Gasteiger partial charge >= 0.3 is 0 Å². The van der Waals surface area contributed by atoms with E-state index in [0.29, 0.717) is 10.7 Å². The van der Waals surface area contributed by atoms with Crippen LogP contribution in [0.1, 0.15) is 0 Å². The Kier molecular flexibility index (Phi) is 2.23. The number of fused-ring (bicyclic) bond motifs is 1. The summed E-state index contributed by atoms with van der Waals surface area (Å²) in [6, 6.07) is 10.4. The molecule has 3 aromatic rings. The summed E-state index contributed by atoms with van der Waals surface area (Å²) in [7, 11) is 0. The van der Waals surface area contributed by atoms with E-state index in [2.05, 4.69) is 10.2 Å². The quantitative estimate of drug-likeness (QED) is 0.715. The highest BCUT2D eigenvalue weighted by Gasteiger charge is 2.06. The van der Waals surface area contributed by atoms with Gasteiger partial charge in [0.25, 0.3) is 0 Å². The van der Waals surface area contributed by atoms with Crippen molar-refractivity contribution in [3.63, 3.8) is 0 Å². The number of halogens is 1. The third kappa shape index (κ3) is 1.72. The summed E-state index contributed by atoms with van der Waals surface area (Å²) in [4.78, 5) is 11.2. The van der Waals surface area contributed by atoms with E-state index >= 15 is 0 Å². The SMILES string of the molecule is O=c1ccn2c(-c3ccc(Cl)cc3)n[nH]c2c1. The molecule has 0 saturated carbocycles. The van der Waals surface area contributed by atoms with Crippen LogP contribution in [0.2, 0.25) is 5.02 Å². The van der Waals surface area contributed by atoms with E-state index in [1.165, 1.54) is 12.1 Å². The van der Waals surface area contributed by atoms with Crippen molar-refractivity contribution in [2.24, 2.45) is 0 Å². The summed E-state index contributed by atoms with van der Waals surface area (Å²) < 4.78 is 1.82. The smallest absolute Gasteiger partial charge is 0.183 e. The van der Waals surface area contributed by atoms with Crippen LogP contribution in [0, 0.1) is 0 Å². The van der Waals surface area contributed by atoms with Crippen LogP contribution in [0.5, 0.6) is 0 Å². The number of nitrogens with zero attached hydrogens (tertiary/aromatic N) is 2. The van der Waals surface area contributed by atoms with Gasteiger partial charge in [-0.25, -0.2) is 0 Å². The molecule has 0 atom stereocenters. The first-order valence-electron chi connectivity index (χ1n) is 5.07. The molecule has 0 bridgehead atoms. The number of aromatic amines is 1. The first kappa shape index (κ1) is 10.1. The fraction of sp³-hybridized carbons (Fsp3) is 0. The van der Waals surface area contributed by atoms with E-state index in [4.69, 9.17) is 11.6 Å². The van der Waals surface area contributed by atoms with Gasteiger partial charge in [0.15, 0.2) is 11.3 Å². The van der Waals surface area contributed by atoms with Crippen molar-refractivity contribution in [3.8, 4) is 11.4 Å². The Morgan fingerprint density at radius 3 is 2.71 bits per heavy atom. The molecule has 0 aliphatic carbocycles. The average molecular weight is 246 g/mol. The van der Waals surface area contributed by atoms with Crippen LogP contribution in [0.25, 0.3) is 17.0 Å². The van der Waals surface area contributed by atoms with E-state index in [1.807, 2.05) is 16.5 Å². The van der Waals surface area contributed by atoms with Crippen molar-refractivity contribution in [1.82, 2.24) is 14.6 Å². The molecule has 0 spiro atoms. The van der Waals surface area contributed by atoms with Crippen LogP contribution in [0.15, 0.2) is 47.4 Å². The summed E-state index contributed by atoms with van der Waals surface area (Å²) in [6.45, 7) is 0. The number of aromatic nitrogens is 3. The summed E-state index contributed by atoms with van der Waals surface area (Å²) >= 11 is 5.84. The molecule has 0 aliphatic rings. The van der Waals surface area contributed by atoms with Crippen LogP contribution in [-0.2, 0) is 0 Å². The van der Waals surface area contributed by atoms with Gasteiger partial charge in [-0.15, -0.1) is 0 Å². The topological polar surface area (TPSA) is 50.2 Å². The highest BCUT2D eigenvalue weighted by atomic mass is 35.5. The maximum absolute atomic E-state index is 11.2. The van der Waals surface area contributed by atoms with Crippen molar-refractivity contribution in [2.45, 2.75) is 0 Å². The highest BCUT2D eigenvalue weighted by molar-refractivity contribution is 6.30. The Balaban J connectivity index is 2.24. The molecule has 1 aromatic carbocycles. The zero-order valence-corrected chi connectivity index (χ0v) is 9.48. The molecule has 1 N–H and O–H groups in total. The molecule has 17 heavy (non-hydrogen) atoms. The third-order valence-corrected chi connectivity index (χ3v) is 2.79. The van der Waals surface area contributed by atoms with Crippen LogP contribution < -0.4 is 5.43 Å². The zero-order valence-electron chi connectivity index (χ0n) is 8.72. The molecule has 4 nitrogen and oxygen atoms in total. The summed E-state index contributed by atoms with van der Waals surface area (Å²) in [6.07, 6.45) is 1.70. The van der Waals surface area contributed by atoms with Gasteiger partial charge in [-0.1, -0.05) is 11.6 Å². The van der Waals surface area contributed by atoms with E-state index in [0.717, 1.165) is 11.4 Å². The van der Waals surface area contributed by atoms with Gasteiger partial charge in [0.05, 0.1) is 0 Å². The number of H-pyrrole nitrogens is 1. The minimum atomic E-state index is -0.0451. The predicted molar refractivity (Wildman–Crippen MR) is 66.3 cm³/mol. The van der Waals surface area contributed by atoms with Crippen LogP contribution >= 0.6 is 11.6 Å². The molecule has 2 aromatic heterocycles. The maximum atomic E-state index is 11.2. The van der Waals surface area contributed by atoms with Gasteiger partial charge < -0.3 is 0 Å². The highest BCUT2D eigenvalue weighted by Crippen LogP contribution is 2.19. The lowest BCUT2D eigenvalue weighted by Gasteiger charge is -1.99. The van der Waals surface area contributed by atoms with E-state index in [1.54, 1.807) is 18.3 Å². The van der Waals surface area contributed by atoms with E-state index < -0.39 is 0 Å². The molecule has 2 heterocycles. The second-order valence-corrected chi connectivity index (χ2v) is 4.11.